The lowest BCUT2D eigenvalue weighted by molar-refractivity contribution is 0.0716. The first-order valence-electron chi connectivity index (χ1n) is 6.81. The number of aromatic nitrogens is 1. The maximum Gasteiger partial charge on any atom is 0.264 e. The molecule has 1 amide bonds. The lowest BCUT2D eigenvalue weighted by Gasteiger charge is -2.31. The number of thiophene rings is 1. The van der Waals surface area contributed by atoms with Crippen LogP contribution in [0.5, 0.6) is 5.75 Å². The van der Waals surface area contributed by atoms with E-state index in [0.717, 1.165) is 18.5 Å². The molecule has 0 saturated carbocycles. The number of hydrogen-bond donors (Lipinski definition) is 1. The molecule has 1 fully saturated rings. The number of aromatic hydroxyl groups is 1. The highest BCUT2D eigenvalue weighted by molar-refractivity contribution is 7.12. The van der Waals surface area contributed by atoms with E-state index in [9.17, 15) is 9.90 Å². The second-order valence-electron chi connectivity index (χ2n) is 5.14. The number of piperidine rings is 1. The maximum absolute atomic E-state index is 12.3. The summed E-state index contributed by atoms with van der Waals surface area (Å²) in [5.41, 5.74) is 1.04. The van der Waals surface area contributed by atoms with E-state index in [0.29, 0.717) is 28.9 Å². The molecule has 0 radical (unpaired) electrons. The highest BCUT2D eigenvalue weighted by atomic mass is 35.5. The minimum atomic E-state index is 0.00261. The van der Waals surface area contributed by atoms with E-state index >= 15 is 0 Å². The number of carbonyl (C=O) groups excluding carboxylic acids is 1. The Morgan fingerprint density at radius 2 is 2.14 bits per heavy atom. The summed E-state index contributed by atoms with van der Waals surface area (Å²) < 4.78 is 0. The summed E-state index contributed by atoms with van der Waals surface area (Å²) in [5, 5.41) is 11.6. The fraction of sp³-hybridized carbons (Fsp3) is 0.333. The van der Waals surface area contributed by atoms with Crippen molar-refractivity contribution in [2.45, 2.75) is 18.8 Å². The Kier molecular flexibility index (Phi) is 4.12. The van der Waals surface area contributed by atoms with Crippen molar-refractivity contribution >= 4 is 28.8 Å². The molecular formula is C15H15ClN2O2S. The summed E-state index contributed by atoms with van der Waals surface area (Å²) in [6.45, 7) is 1.43. The van der Waals surface area contributed by atoms with Crippen LogP contribution in [0.1, 0.15) is 34.1 Å². The van der Waals surface area contributed by atoms with Gasteiger partial charge in [-0.2, -0.15) is 0 Å². The quantitative estimate of drug-likeness (QED) is 0.920. The number of halogens is 1. The van der Waals surface area contributed by atoms with Gasteiger partial charge in [0.15, 0.2) is 0 Å². The van der Waals surface area contributed by atoms with Gasteiger partial charge in [0.25, 0.3) is 5.91 Å². The zero-order chi connectivity index (χ0) is 14.8. The Balaban J connectivity index is 1.62. The molecule has 0 aromatic carbocycles. The Labute approximate surface area is 132 Å². The molecule has 2 aromatic rings. The van der Waals surface area contributed by atoms with Crippen molar-refractivity contribution in [3.8, 4) is 5.75 Å². The normalized spacial score (nSPS) is 16.1. The van der Waals surface area contributed by atoms with E-state index in [1.165, 1.54) is 17.4 Å². The van der Waals surface area contributed by atoms with Gasteiger partial charge in [-0.3, -0.25) is 9.78 Å². The Morgan fingerprint density at radius 3 is 2.71 bits per heavy atom. The average molecular weight is 323 g/mol. The number of nitrogens with zero attached hydrogens (tertiary/aromatic N) is 2. The number of hydrogen-bond acceptors (Lipinski definition) is 4. The summed E-state index contributed by atoms with van der Waals surface area (Å²) >= 11 is 7.13. The van der Waals surface area contributed by atoms with E-state index in [1.54, 1.807) is 11.6 Å². The van der Waals surface area contributed by atoms with Gasteiger partial charge >= 0.3 is 0 Å². The molecule has 1 aliphatic heterocycles. The van der Waals surface area contributed by atoms with Gasteiger partial charge in [0.05, 0.1) is 9.90 Å². The van der Waals surface area contributed by atoms with Crippen molar-refractivity contribution in [2.24, 2.45) is 0 Å². The van der Waals surface area contributed by atoms with E-state index in [1.807, 2.05) is 17.0 Å². The largest absolute Gasteiger partial charge is 0.507 e. The second-order valence-corrected chi connectivity index (χ2v) is 6.48. The first-order chi connectivity index (χ1) is 10.1. The van der Waals surface area contributed by atoms with Crippen molar-refractivity contribution in [1.29, 1.82) is 0 Å². The van der Waals surface area contributed by atoms with Crippen LogP contribution < -0.4 is 0 Å². The van der Waals surface area contributed by atoms with Gasteiger partial charge in [-0.15, -0.1) is 11.3 Å². The van der Waals surface area contributed by atoms with Gasteiger partial charge in [-0.25, -0.2) is 0 Å². The molecule has 4 nitrogen and oxygen atoms in total. The summed E-state index contributed by atoms with van der Waals surface area (Å²) in [7, 11) is 0. The molecule has 2 aromatic heterocycles. The standard InChI is InChI=1S/C15H15ClN2O2S/c16-11-1-2-13(17-8-11)10-3-5-18(6-4-10)15(20)14-7-12(19)9-21-14/h1-2,7-10,19H,3-6H2. The Bertz CT molecular complexity index is 633. The van der Waals surface area contributed by atoms with Crippen molar-refractivity contribution in [2.75, 3.05) is 13.1 Å². The van der Waals surface area contributed by atoms with Gasteiger partial charge in [0.2, 0.25) is 0 Å². The van der Waals surface area contributed by atoms with E-state index < -0.39 is 0 Å². The Hall–Kier alpha value is -1.59. The number of amides is 1. The highest BCUT2D eigenvalue weighted by Gasteiger charge is 2.26. The van der Waals surface area contributed by atoms with Crippen LogP contribution in [0.3, 0.4) is 0 Å². The lowest BCUT2D eigenvalue weighted by Crippen LogP contribution is -2.37. The first-order valence-corrected chi connectivity index (χ1v) is 8.07. The molecule has 3 heterocycles. The molecule has 0 aliphatic carbocycles. The van der Waals surface area contributed by atoms with Crippen LogP contribution in [0.4, 0.5) is 0 Å². The van der Waals surface area contributed by atoms with E-state index in [-0.39, 0.29) is 11.7 Å². The van der Waals surface area contributed by atoms with Gasteiger partial charge in [-0.05, 0) is 25.0 Å². The fourth-order valence-corrected chi connectivity index (χ4v) is 3.45. The van der Waals surface area contributed by atoms with Gasteiger partial charge < -0.3 is 10.0 Å². The lowest BCUT2D eigenvalue weighted by atomic mass is 9.93. The SMILES string of the molecule is O=C(c1cc(O)cs1)N1CCC(c2ccc(Cl)cn2)CC1. The smallest absolute Gasteiger partial charge is 0.264 e. The number of rotatable bonds is 2. The Morgan fingerprint density at radius 1 is 1.38 bits per heavy atom. The third kappa shape index (κ3) is 3.19. The third-order valence-electron chi connectivity index (χ3n) is 3.75. The molecule has 0 bridgehead atoms. The van der Waals surface area contributed by atoms with Crippen LogP contribution in [0, 0.1) is 0 Å². The molecular weight excluding hydrogens is 308 g/mol. The summed E-state index contributed by atoms with van der Waals surface area (Å²) in [5.74, 6) is 0.537. The van der Waals surface area contributed by atoms with Gasteiger partial charge in [0, 0.05) is 42.3 Å². The number of carbonyl (C=O) groups is 1. The predicted molar refractivity (Wildman–Crippen MR) is 83.1 cm³/mol. The molecule has 3 rings (SSSR count). The zero-order valence-corrected chi connectivity index (χ0v) is 12.9. The summed E-state index contributed by atoms with van der Waals surface area (Å²) in [6.07, 6.45) is 3.47. The molecule has 0 unspecified atom stereocenters. The summed E-state index contributed by atoms with van der Waals surface area (Å²) in [4.78, 5) is 19.1. The van der Waals surface area contributed by atoms with Crippen molar-refractivity contribution in [3.63, 3.8) is 0 Å². The third-order valence-corrected chi connectivity index (χ3v) is 4.88. The van der Waals surface area contributed by atoms with Crippen LogP contribution >= 0.6 is 22.9 Å². The van der Waals surface area contributed by atoms with E-state index in [4.69, 9.17) is 11.6 Å². The number of pyridine rings is 1. The number of likely N-dealkylation sites (tertiary alicyclic amines) is 1. The van der Waals surface area contributed by atoms with Crippen LogP contribution in [-0.2, 0) is 0 Å². The molecule has 110 valence electrons. The monoisotopic (exact) mass is 322 g/mol. The molecule has 6 heteroatoms. The summed E-state index contributed by atoms with van der Waals surface area (Å²) in [6, 6.07) is 5.34. The van der Waals surface area contributed by atoms with Crippen molar-refractivity contribution in [3.05, 3.63) is 45.4 Å². The van der Waals surface area contributed by atoms with E-state index in [2.05, 4.69) is 4.98 Å². The van der Waals surface area contributed by atoms with Crippen LogP contribution in [0.15, 0.2) is 29.8 Å². The predicted octanol–water partition coefficient (Wildman–Crippen LogP) is 3.52. The van der Waals surface area contributed by atoms with Crippen molar-refractivity contribution < 1.29 is 9.90 Å². The van der Waals surface area contributed by atoms with Gasteiger partial charge in [-0.1, -0.05) is 11.6 Å². The fourth-order valence-electron chi connectivity index (χ4n) is 2.60. The molecule has 1 aliphatic rings. The average Bonchev–Trinajstić information content (AvgIpc) is 2.94. The molecule has 0 spiro atoms. The van der Waals surface area contributed by atoms with Crippen LogP contribution in [-0.4, -0.2) is 34.0 Å². The molecule has 0 atom stereocenters. The van der Waals surface area contributed by atoms with Crippen LogP contribution in [0.2, 0.25) is 5.02 Å². The second kappa shape index (κ2) is 6.03. The molecule has 1 saturated heterocycles. The molecule has 1 N–H and O–H groups in total. The minimum Gasteiger partial charge on any atom is -0.507 e. The van der Waals surface area contributed by atoms with Gasteiger partial charge in [0.1, 0.15) is 5.75 Å². The first kappa shape index (κ1) is 14.4. The minimum absolute atomic E-state index is 0.00261. The highest BCUT2D eigenvalue weighted by Crippen LogP contribution is 2.29. The topological polar surface area (TPSA) is 53.4 Å². The van der Waals surface area contributed by atoms with Crippen molar-refractivity contribution in [1.82, 2.24) is 9.88 Å². The zero-order valence-electron chi connectivity index (χ0n) is 11.3. The molecule has 21 heavy (non-hydrogen) atoms. The maximum atomic E-state index is 12.3. The van der Waals surface area contributed by atoms with Crippen LogP contribution in [0.25, 0.3) is 0 Å².